The minimum absolute atomic E-state index is 0.0151. The van der Waals surface area contributed by atoms with Gasteiger partial charge in [-0.1, -0.05) is 47.5 Å². The van der Waals surface area contributed by atoms with Crippen LogP contribution in [0.3, 0.4) is 0 Å². The van der Waals surface area contributed by atoms with Crippen LogP contribution in [-0.4, -0.2) is 14.3 Å². The number of amides is 1. The van der Waals surface area contributed by atoms with Crippen LogP contribution in [0.4, 0.5) is 11.4 Å². The first kappa shape index (κ1) is 25.6. The number of benzene rings is 4. The average Bonchev–Trinajstić information content (AvgIpc) is 2.84. The molecule has 0 heterocycles. The highest BCUT2D eigenvalue weighted by molar-refractivity contribution is 7.92. The van der Waals surface area contributed by atoms with Gasteiger partial charge in [-0.05, 0) is 85.6 Å². The third-order valence-corrected chi connectivity index (χ3v) is 7.50. The molecule has 4 rings (SSSR count). The van der Waals surface area contributed by atoms with Crippen molar-refractivity contribution in [1.82, 2.24) is 0 Å². The van der Waals surface area contributed by atoms with Crippen LogP contribution in [0.1, 0.15) is 21.5 Å². The number of anilines is 2. The van der Waals surface area contributed by atoms with E-state index in [1.807, 2.05) is 38.1 Å². The number of carbonyl (C=O) groups is 1. The van der Waals surface area contributed by atoms with Gasteiger partial charge in [-0.2, -0.15) is 0 Å². The lowest BCUT2D eigenvalue weighted by Crippen LogP contribution is -2.17. The number of carbonyl (C=O) groups excluding carboxylic acids is 1. The minimum atomic E-state index is -4.07. The van der Waals surface area contributed by atoms with E-state index in [1.54, 1.807) is 42.5 Å². The molecule has 0 radical (unpaired) electrons. The summed E-state index contributed by atoms with van der Waals surface area (Å²) in [5, 5.41) is 3.12. The molecule has 2 N–H and O–H groups in total. The Bertz CT molecular complexity index is 1540. The molecule has 0 aliphatic rings. The quantitative estimate of drug-likeness (QED) is 0.255. The van der Waals surface area contributed by atoms with Crippen molar-refractivity contribution in [3.05, 3.63) is 112 Å². The maximum absolute atomic E-state index is 13.1. The molecule has 184 valence electrons. The molecule has 0 aliphatic heterocycles. The predicted octanol–water partition coefficient (Wildman–Crippen LogP) is 7.46. The van der Waals surface area contributed by atoms with E-state index in [0.717, 1.165) is 11.1 Å². The zero-order chi connectivity index (χ0) is 25.9. The first-order valence-electron chi connectivity index (χ1n) is 10.9. The molecule has 6 nitrogen and oxygen atoms in total. The van der Waals surface area contributed by atoms with Crippen molar-refractivity contribution >= 4 is 50.5 Å². The van der Waals surface area contributed by atoms with E-state index >= 15 is 0 Å². The van der Waals surface area contributed by atoms with Gasteiger partial charge in [0.15, 0.2) is 5.75 Å². The Balaban J connectivity index is 1.60. The Labute approximate surface area is 219 Å². The first-order chi connectivity index (χ1) is 17.1. The van der Waals surface area contributed by atoms with Gasteiger partial charge in [0, 0.05) is 16.3 Å². The molecular weight excluding hydrogens is 519 g/mol. The summed E-state index contributed by atoms with van der Waals surface area (Å²) in [5.74, 6) is 0.388. The van der Waals surface area contributed by atoms with E-state index in [1.165, 1.54) is 18.2 Å². The highest BCUT2D eigenvalue weighted by Crippen LogP contribution is 2.33. The number of hydrogen-bond donors (Lipinski definition) is 2. The van der Waals surface area contributed by atoms with E-state index in [9.17, 15) is 13.2 Å². The van der Waals surface area contributed by atoms with Crippen LogP contribution in [0.5, 0.6) is 11.5 Å². The van der Waals surface area contributed by atoms with Gasteiger partial charge in [0.05, 0.1) is 10.7 Å². The number of sulfonamides is 1. The maximum atomic E-state index is 13.1. The van der Waals surface area contributed by atoms with Crippen LogP contribution < -0.4 is 14.8 Å². The zero-order valence-electron chi connectivity index (χ0n) is 19.4. The van der Waals surface area contributed by atoms with Crippen molar-refractivity contribution in [1.29, 1.82) is 0 Å². The molecule has 0 bridgehead atoms. The highest BCUT2D eigenvalue weighted by atomic mass is 35.5. The molecule has 0 saturated heterocycles. The molecule has 4 aromatic rings. The number of halogens is 2. The van der Waals surface area contributed by atoms with Gasteiger partial charge in [0.2, 0.25) is 0 Å². The van der Waals surface area contributed by atoms with Crippen molar-refractivity contribution in [3.63, 3.8) is 0 Å². The summed E-state index contributed by atoms with van der Waals surface area (Å²) in [6, 6.07) is 23.1. The van der Waals surface area contributed by atoms with E-state index < -0.39 is 15.9 Å². The second-order valence-electron chi connectivity index (χ2n) is 8.06. The number of ether oxygens (including phenoxy) is 1. The molecule has 0 saturated carbocycles. The summed E-state index contributed by atoms with van der Waals surface area (Å²) >= 11 is 12.4. The van der Waals surface area contributed by atoms with Crippen molar-refractivity contribution in [3.8, 4) is 11.5 Å². The summed E-state index contributed by atoms with van der Waals surface area (Å²) in [5.41, 5.74) is 2.77. The van der Waals surface area contributed by atoms with Gasteiger partial charge in [0.1, 0.15) is 10.6 Å². The van der Waals surface area contributed by atoms with Crippen LogP contribution in [0.15, 0.2) is 89.8 Å². The molecule has 4 aromatic carbocycles. The van der Waals surface area contributed by atoms with Crippen LogP contribution in [0.25, 0.3) is 0 Å². The molecule has 0 unspecified atom stereocenters. The lowest BCUT2D eigenvalue weighted by Gasteiger charge is -2.14. The van der Waals surface area contributed by atoms with E-state index in [4.69, 9.17) is 27.9 Å². The molecular formula is C27H22Cl2N2O4S. The predicted molar refractivity (Wildman–Crippen MR) is 144 cm³/mol. The van der Waals surface area contributed by atoms with Crippen molar-refractivity contribution in [2.24, 2.45) is 0 Å². The summed E-state index contributed by atoms with van der Waals surface area (Å²) in [6.45, 7) is 3.82. The third kappa shape index (κ3) is 5.99. The highest BCUT2D eigenvalue weighted by Gasteiger charge is 2.21. The molecule has 0 fully saturated rings. The second-order valence-corrected chi connectivity index (χ2v) is 10.6. The largest absolute Gasteiger partial charge is 0.455 e. The monoisotopic (exact) mass is 540 g/mol. The van der Waals surface area contributed by atoms with Crippen LogP contribution >= 0.6 is 23.2 Å². The fourth-order valence-corrected chi connectivity index (χ4v) is 5.11. The molecule has 36 heavy (non-hydrogen) atoms. The van der Waals surface area contributed by atoms with Gasteiger partial charge in [-0.3, -0.25) is 9.52 Å². The number of aryl methyl sites for hydroxylation is 2. The molecule has 9 heteroatoms. The standard InChI is InChI=1S/C27H22Cl2N2O4S/c1-17-8-11-21(14-18(17)2)31-36(33,34)26-15-19(9-12-23(26)29)27(32)30-24-16-20(28)10-13-25(24)35-22-6-4-3-5-7-22/h3-16,31H,1-2H3,(H,30,32). The first-order valence-corrected chi connectivity index (χ1v) is 13.1. The van der Waals surface area contributed by atoms with E-state index in [2.05, 4.69) is 10.0 Å². The Kier molecular flexibility index (Phi) is 7.54. The van der Waals surface area contributed by atoms with Gasteiger partial charge in [0.25, 0.3) is 15.9 Å². The van der Waals surface area contributed by atoms with Crippen LogP contribution in [0, 0.1) is 13.8 Å². The van der Waals surface area contributed by atoms with Crippen molar-refractivity contribution in [2.75, 3.05) is 10.0 Å². The van der Waals surface area contributed by atoms with Crippen LogP contribution in [-0.2, 0) is 10.0 Å². The number of nitrogens with one attached hydrogen (secondary N) is 2. The Morgan fingerprint density at radius 1 is 0.833 bits per heavy atom. The Morgan fingerprint density at radius 2 is 1.58 bits per heavy atom. The maximum Gasteiger partial charge on any atom is 0.263 e. The van der Waals surface area contributed by atoms with Gasteiger partial charge in [-0.25, -0.2) is 8.42 Å². The second kappa shape index (κ2) is 10.6. The van der Waals surface area contributed by atoms with Gasteiger partial charge >= 0.3 is 0 Å². The summed E-state index contributed by atoms with van der Waals surface area (Å²) < 4.78 is 34.6. The summed E-state index contributed by atoms with van der Waals surface area (Å²) in [4.78, 5) is 12.9. The fourth-order valence-electron chi connectivity index (χ4n) is 3.36. The fraction of sp³-hybridized carbons (Fsp3) is 0.0741. The Morgan fingerprint density at radius 3 is 2.31 bits per heavy atom. The van der Waals surface area contributed by atoms with E-state index in [-0.39, 0.29) is 15.5 Å². The lowest BCUT2D eigenvalue weighted by atomic mass is 10.1. The SMILES string of the molecule is Cc1ccc(NS(=O)(=O)c2cc(C(=O)Nc3cc(Cl)ccc3Oc3ccccc3)ccc2Cl)cc1C. The van der Waals surface area contributed by atoms with Gasteiger partial charge < -0.3 is 10.1 Å². The molecule has 0 aliphatic carbocycles. The smallest absolute Gasteiger partial charge is 0.263 e. The average molecular weight is 541 g/mol. The van der Waals surface area contributed by atoms with E-state index in [0.29, 0.717) is 27.9 Å². The number of hydrogen-bond acceptors (Lipinski definition) is 4. The van der Waals surface area contributed by atoms with Gasteiger partial charge in [-0.15, -0.1) is 0 Å². The van der Waals surface area contributed by atoms with Crippen molar-refractivity contribution < 1.29 is 17.9 Å². The number of para-hydroxylation sites is 1. The van der Waals surface area contributed by atoms with Crippen molar-refractivity contribution in [2.45, 2.75) is 18.7 Å². The molecule has 0 spiro atoms. The minimum Gasteiger partial charge on any atom is -0.455 e. The zero-order valence-corrected chi connectivity index (χ0v) is 21.7. The van der Waals surface area contributed by atoms with Crippen LogP contribution in [0.2, 0.25) is 10.0 Å². The summed E-state index contributed by atoms with van der Waals surface area (Å²) in [7, 11) is -4.07. The normalized spacial score (nSPS) is 11.1. The molecule has 1 amide bonds. The summed E-state index contributed by atoms with van der Waals surface area (Å²) in [6.07, 6.45) is 0. The topological polar surface area (TPSA) is 84.5 Å². The number of rotatable bonds is 7. The Hall–Kier alpha value is -3.52. The molecule has 0 aromatic heterocycles. The lowest BCUT2D eigenvalue weighted by molar-refractivity contribution is 0.102. The molecule has 0 atom stereocenters. The third-order valence-electron chi connectivity index (χ3n) is 5.40.